The molecule has 1 aromatic carbocycles. The summed E-state index contributed by atoms with van der Waals surface area (Å²) in [6.45, 7) is 1.86. The standard InChI is InChI=1S/C14H20ClNO.ClH/c1-9-7-11(15)8-12(14(9)17)13(16)10-5-3-2-4-6-10;/h7-8,10,13,17H,2-6,16H2,1H3;1H/t13-;/m0./s1. The number of aromatic hydroxyl groups is 1. The van der Waals surface area contributed by atoms with Gasteiger partial charge in [0.1, 0.15) is 5.75 Å². The molecular weight excluding hydrogens is 269 g/mol. The van der Waals surface area contributed by atoms with Gasteiger partial charge in [-0.1, -0.05) is 30.9 Å². The Kier molecular flexibility index (Phi) is 5.77. The number of hydrogen-bond donors (Lipinski definition) is 2. The van der Waals surface area contributed by atoms with Crippen molar-refractivity contribution < 1.29 is 5.11 Å². The van der Waals surface area contributed by atoms with E-state index in [9.17, 15) is 5.11 Å². The lowest BCUT2D eigenvalue weighted by Crippen LogP contribution is -2.23. The van der Waals surface area contributed by atoms with Crippen LogP contribution < -0.4 is 5.73 Å². The smallest absolute Gasteiger partial charge is 0.123 e. The van der Waals surface area contributed by atoms with E-state index in [1.54, 1.807) is 6.07 Å². The van der Waals surface area contributed by atoms with Gasteiger partial charge in [0.25, 0.3) is 0 Å². The summed E-state index contributed by atoms with van der Waals surface area (Å²) in [5.74, 6) is 0.792. The molecule has 0 saturated heterocycles. The molecule has 0 bridgehead atoms. The van der Waals surface area contributed by atoms with E-state index < -0.39 is 0 Å². The maximum atomic E-state index is 10.1. The van der Waals surface area contributed by atoms with Crippen LogP contribution in [0, 0.1) is 12.8 Å². The molecule has 4 heteroatoms. The normalized spacial score (nSPS) is 18.2. The molecule has 0 spiro atoms. The molecule has 1 saturated carbocycles. The fourth-order valence-corrected chi connectivity index (χ4v) is 3.04. The zero-order valence-corrected chi connectivity index (χ0v) is 12.2. The fraction of sp³-hybridized carbons (Fsp3) is 0.571. The summed E-state index contributed by atoms with van der Waals surface area (Å²) >= 11 is 6.04. The van der Waals surface area contributed by atoms with Crippen molar-refractivity contribution in [3.8, 4) is 5.75 Å². The molecule has 1 aliphatic rings. The number of rotatable bonds is 2. The average Bonchev–Trinajstić information content (AvgIpc) is 2.34. The third-order valence-corrected chi connectivity index (χ3v) is 4.03. The Morgan fingerprint density at radius 1 is 1.28 bits per heavy atom. The van der Waals surface area contributed by atoms with Crippen LogP contribution in [0.5, 0.6) is 5.75 Å². The minimum Gasteiger partial charge on any atom is -0.507 e. The van der Waals surface area contributed by atoms with E-state index in [2.05, 4.69) is 0 Å². The molecule has 0 aromatic heterocycles. The molecule has 1 aliphatic carbocycles. The lowest BCUT2D eigenvalue weighted by Gasteiger charge is -2.28. The first-order chi connectivity index (χ1) is 8.09. The summed E-state index contributed by atoms with van der Waals surface area (Å²) in [6.07, 6.45) is 6.12. The van der Waals surface area contributed by atoms with Crippen molar-refractivity contribution in [2.75, 3.05) is 0 Å². The Balaban J connectivity index is 0.00000162. The molecule has 3 N–H and O–H groups in total. The number of phenolic OH excluding ortho intramolecular Hbond substituents is 1. The SMILES string of the molecule is Cc1cc(Cl)cc([C@@H](N)C2CCCCC2)c1O.Cl. The summed E-state index contributed by atoms with van der Waals surface area (Å²) in [5.41, 5.74) is 7.90. The number of aryl methyl sites for hydroxylation is 1. The topological polar surface area (TPSA) is 46.2 Å². The van der Waals surface area contributed by atoms with Gasteiger partial charge in [0.05, 0.1) is 0 Å². The van der Waals surface area contributed by atoms with Gasteiger partial charge in [0.15, 0.2) is 0 Å². The molecule has 2 rings (SSSR count). The van der Waals surface area contributed by atoms with Crippen LogP contribution in [-0.2, 0) is 0 Å². The molecule has 1 fully saturated rings. The highest BCUT2D eigenvalue weighted by Crippen LogP contribution is 2.38. The minimum absolute atomic E-state index is 0. The van der Waals surface area contributed by atoms with Crippen molar-refractivity contribution in [1.82, 2.24) is 0 Å². The predicted molar refractivity (Wildman–Crippen MR) is 78.6 cm³/mol. The van der Waals surface area contributed by atoms with Crippen molar-refractivity contribution in [1.29, 1.82) is 0 Å². The van der Waals surface area contributed by atoms with Crippen LogP contribution in [0.3, 0.4) is 0 Å². The molecular formula is C14H21Cl2NO. The van der Waals surface area contributed by atoms with Gasteiger partial charge in [-0.2, -0.15) is 0 Å². The second-order valence-electron chi connectivity index (χ2n) is 5.08. The molecule has 102 valence electrons. The molecule has 0 aliphatic heterocycles. The zero-order valence-electron chi connectivity index (χ0n) is 10.7. The number of phenols is 1. The second kappa shape index (κ2) is 6.65. The van der Waals surface area contributed by atoms with Gasteiger partial charge >= 0.3 is 0 Å². The summed E-state index contributed by atoms with van der Waals surface area (Å²) in [4.78, 5) is 0. The van der Waals surface area contributed by atoms with Crippen LogP contribution in [0.15, 0.2) is 12.1 Å². The highest BCUT2D eigenvalue weighted by molar-refractivity contribution is 6.30. The van der Waals surface area contributed by atoms with Gasteiger partial charge in [0, 0.05) is 16.6 Å². The van der Waals surface area contributed by atoms with Gasteiger partial charge in [-0.15, -0.1) is 12.4 Å². The lowest BCUT2D eigenvalue weighted by atomic mass is 9.81. The zero-order chi connectivity index (χ0) is 12.4. The Morgan fingerprint density at radius 2 is 1.89 bits per heavy atom. The van der Waals surface area contributed by atoms with E-state index in [0.717, 1.165) is 24.0 Å². The largest absolute Gasteiger partial charge is 0.507 e. The summed E-state index contributed by atoms with van der Waals surface area (Å²) < 4.78 is 0. The van der Waals surface area contributed by atoms with Crippen LogP contribution in [0.25, 0.3) is 0 Å². The Labute approximate surface area is 120 Å². The summed E-state index contributed by atoms with van der Waals surface area (Å²) in [7, 11) is 0. The van der Waals surface area contributed by atoms with Crippen LogP contribution >= 0.6 is 24.0 Å². The van der Waals surface area contributed by atoms with Crippen LogP contribution in [0.1, 0.15) is 49.3 Å². The second-order valence-corrected chi connectivity index (χ2v) is 5.52. The maximum Gasteiger partial charge on any atom is 0.123 e. The molecule has 18 heavy (non-hydrogen) atoms. The van der Waals surface area contributed by atoms with E-state index in [-0.39, 0.29) is 18.4 Å². The number of nitrogens with two attached hydrogens (primary N) is 1. The molecule has 0 amide bonds. The number of benzene rings is 1. The first-order valence-corrected chi connectivity index (χ1v) is 6.72. The Bertz CT molecular complexity index is 403. The van der Waals surface area contributed by atoms with Crippen molar-refractivity contribution in [3.05, 3.63) is 28.3 Å². The van der Waals surface area contributed by atoms with Gasteiger partial charge < -0.3 is 10.8 Å². The van der Waals surface area contributed by atoms with Crippen molar-refractivity contribution in [3.63, 3.8) is 0 Å². The van der Waals surface area contributed by atoms with Gasteiger partial charge in [-0.05, 0) is 43.4 Å². The van der Waals surface area contributed by atoms with E-state index in [4.69, 9.17) is 17.3 Å². The van der Waals surface area contributed by atoms with E-state index in [0.29, 0.717) is 16.7 Å². The van der Waals surface area contributed by atoms with Gasteiger partial charge in [-0.3, -0.25) is 0 Å². The summed E-state index contributed by atoms with van der Waals surface area (Å²) in [6, 6.07) is 3.49. The van der Waals surface area contributed by atoms with Crippen LogP contribution in [-0.4, -0.2) is 5.11 Å². The summed E-state index contributed by atoms with van der Waals surface area (Å²) in [5, 5.41) is 10.7. The maximum absolute atomic E-state index is 10.1. The first kappa shape index (κ1) is 15.6. The average molecular weight is 290 g/mol. The molecule has 0 radical (unpaired) electrons. The third kappa shape index (κ3) is 3.31. The Hall–Kier alpha value is -0.440. The van der Waals surface area contributed by atoms with E-state index in [1.807, 2.05) is 13.0 Å². The third-order valence-electron chi connectivity index (χ3n) is 3.81. The van der Waals surface area contributed by atoms with Crippen molar-refractivity contribution in [2.24, 2.45) is 11.7 Å². The van der Waals surface area contributed by atoms with E-state index in [1.165, 1.54) is 19.3 Å². The van der Waals surface area contributed by atoms with Crippen molar-refractivity contribution in [2.45, 2.75) is 45.1 Å². The molecule has 2 nitrogen and oxygen atoms in total. The van der Waals surface area contributed by atoms with Gasteiger partial charge in [-0.25, -0.2) is 0 Å². The molecule has 0 heterocycles. The lowest BCUT2D eigenvalue weighted by molar-refractivity contribution is 0.303. The Morgan fingerprint density at radius 3 is 2.50 bits per heavy atom. The quantitative estimate of drug-likeness (QED) is 0.850. The van der Waals surface area contributed by atoms with E-state index >= 15 is 0 Å². The predicted octanol–water partition coefficient (Wildman–Crippen LogP) is 4.36. The fourth-order valence-electron chi connectivity index (χ4n) is 2.76. The monoisotopic (exact) mass is 289 g/mol. The first-order valence-electron chi connectivity index (χ1n) is 6.34. The number of hydrogen-bond acceptors (Lipinski definition) is 2. The highest BCUT2D eigenvalue weighted by atomic mass is 35.5. The van der Waals surface area contributed by atoms with Crippen LogP contribution in [0.2, 0.25) is 5.02 Å². The van der Waals surface area contributed by atoms with Gasteiger partial charge in [0.2, 0.25) is 0 Å². The minimum atomic E-state index is -0.0901. The molecule has 0 unspecified atom stereocenters. The molecule has 1 atom stereocenters. The van der Waals surface area contributed by atoms with Crippen molar-refractivity contribution >= 4 is 24.0 Å². The molecule has 1 aromatic rings. The highest BCUT2D eigenvalue weighted by Gasteiger charge is 2.24. The van der Waals surface area contributed by atoms with Crippen LogP contribution in [0.4, 0.5) is 0 Å². The number of halogens is 2.